The summed E-state index contributed by atoms with van der Waals surface area (Å²) in [4.78, 5) is 12.4. The number of sulfonamides is 1. The van der Waals surface area contributed by atoms with E-state index in [1.54, 1.807) is 7.11 Å². The highest BCUT2D eigenvalue weighted by atomic mass is 35.5. The van der Waals surface area contributed by atoms with Gasteiger partial charge < -0.3 is 14.8 Å². The Hall–Kier alpha value is -2.29. The van der Waals surface area contributed by atoms with E-state index in [0.717, 1.165) is 30.6 Å². The summed E-state index contributed by atoms with van der Waals surface area (Å²) in [5, 5.41) is 3.00. The molecule has 31 heavy (non-hydrogen) atoms. The lowest BCUT2D eigenvalue weighted by molar-refractivity contribution is -0.123. The number of amides is 1. The summed E-state index contributed by atoms with van der Waals surface area (Å²) in [7, 11) is -1.98. The number of methoxy groups -OCH3 is 1. The van der Waals surface area contributed by atoms with Gasteiger partial charge in [0.1, 0.15) is 11.5 Å². The van der Waals surface area contributed by atoms with Crippen molar-refractivity contribution in [2.75, 3.05) is 26.8 Å². The molecule has 168 valence electrons. The standard InChI is InChI=1S/C22H27ClN2O5S/c1-16(17-6-8-18(29-2)9-7-17)24-22(26)15-30-21-11-10-19(14-20(21)23)31(27,28)25-12-4-3-5-13-25/h6-11,14,16H,3-5,12-13,15H2,1-2H3,(H,24,26). The Balaban J connectivity index is 1.58. The topological polar surface area (TPSA) is 84.9 Å². The first-order valence-corrected chi connectivity index (χ1v) is 12.0. The third-order valence-corrected chi connectivity index (χ3v) is 7.40. The Kier molecular flexibility index (Phi) is 7.80. The lowest BCUT2D eigenvalue weighted by Gasteiger charge is -2.26. The first-order valence-electron chi connectivity index (χ1n) is 10.2. The normalized spacial score (nSPS) is 15.8. The molecule has 1 N–H and O–H groups in total. The van der Waals surface area contributed by atoms with Crippen LogP contribution >= 0.6 is 11.6 Å². The van der Waals surface area contributed by atoms with Gasteiger partial charge in [-0.2, -0.15) is 4.31 Å². The molecule has 0 spiro atoms. The summed E-state index contributed by atoms with van der Waals surface area (Å²) < 4.78 is 37.7. The molecule has 1 aliphatic rings. The van der Waals surface area contributed by atoms with Crippen molar-refractivity contribution in [1.29, 1.82) is 0 Å². The molecule has 1 aliphatic heterocycles. The third kappa shape index (κ3) is 5.90. The van der Waals surface area contributed by atoms with Crippen molar-refractivity contribution in [3.63, 3.8) is 0 Å². The predicted octanol–water partition coefficient (Wildman–Crippen LogP) is 3.78. The van der Waals surface area contributed by atoms with Crippen LogP contribution in [0.15, 0.2) is 47.4 Å². The van der Waals surface area contributed by atoms with E-state index in [9.17, 15) is 13.2 Å². The van der Waals surface area contributed by atoms with Crippen LogP contribution in [0.2, 0.25) is 5.02 Å². The molecule has 1 fully saturated rings. The second-order valence-corrected chi connectivity index (χ2v) is 9.75. The Morgan fingerprint density at radius 3 is 2.42 bits per heavy atom. The molecular weight excluding hydrogens is 440 g/mol. The molecule has 1 atom stereocenters. The quantitative estimate of drug-likeness (QED) is 0.640. The smallest absolute Gasteiger partial charge is 0.258 e. The predicted molar refractivity (Wildman–Crippen MR) is 119 cm³/mol. The van der Waals surface area contributed by atoms with E-state index in [-0.39, 0.29) is 34.2 Å². The molecular formula is C22H27ClN2O5S. The van der Waals surface area contributed by atoms with Gasteiger partial charge in [0, 0.05) is 13.1 Å². The Bertz CT molecular complexity index is 1010. The van der Waals surface area contributed by atoms with Gasteiger partial charge in [0.05, 0.1) is 23.1 Å². The van der Waals surface area contributed by atoms with Crippen molar-refractivity contribution in [2.45, 2.75) is 37.1 Å². The fourth-order valence-corrected chi connectivity index (χ4v) is 5.26. The summed E-state index contributed by atoms with van der Waals surface area (Å²) in [6.07, 6.45) is 2.76. The first-order chi connectivity index (χ1) is 14.8. The molecule has 9 heteroatoms. The summed E-state index contributed by atoms with van der Waals surface area (Å²) in [6.45, 7) is 2.67. The molecule has 2 aromatic rings. The minimum atomic E-state index is -3.58. The van der Waals surface area contributed by atoms with E-state index >= 15 is 0 Å². The molecule has 0 aliphatic carbocycles. The van der Waals surface area contributed by atoms with Crippen LogP contribution in [0.25, 0.3) is 0 Å². The van der Waals surface area contributed by atoms with Gasteiger partial charge in [-0.05, 0) is 55.7 Å². The number of carbonyl (C=O) groups excluding carboxylic acids is 1. The highest BCUT2D eigenvalue weighted by molar-refractivity contribution is 7.89. The van der Waals surface area contributed by atoms with Crippen molar-refractivity contribution in [1.82, 2.24) is 9.62 Å². The average molecular weight is 467 g/mol. The van der Waals surface area contributed by atoms with Crippen LogP contribution < -0.4 is 14.8 Å². The van der Waals surface area contributed by atoms with Gasteiger partial charge in [-0.3, -0.25) is 4.79 Å². The van der Waals surface area contributed by atoms with Crippen LogP contribution in [0.1, 0.15) is 37.8 Å². The maximum Gasteiger partial charge on any atom is 0.258 e. The number of rotatable bonds is 8. The van der Waals surface area contributed by atoms with Crippen molar-refractivity contribution < 1.29 is 22.7 Å². The minimum absolute atomic E-state index is 0.129. The fraction of sp³-hybridized carbons (Fsp3) is 0.409. The zero-order valence-corrected chi connectivity index (χ0v) is 19.2. The molecule has 3 rings (SSSR count). The van der Waals surface area contributed by atoms with E-state index < -0.39 is 10.0 Å². The molecule has 0 radical (unpaired) electrons. The van der Waals surface area contributed by atoms with Crippen LogP contribution in [-0.4, -0.2) is 45.4 Å². The van der Waals surface area contributed by atoms with Gasteiger partial charge >= 0.3 is 0 Å². The molecule has 1 saturated heterocycles. The Morgan fingerprint density at radius 2 is 1.81 bits per heavy atom. The highest BCUT2D eigenvalue weighted by Crippen LogP contribution is 2.29. The van der Waals surface area contributed by atoms with Gasteiger partial charge in [-0.1, -0.05) is 30.2 Å². The number of piperidine rings is 1. The Morgan fingerprint density at radius 1 is 1.13 bits per heavy atom. The fourth-order valence-electron chi connectivity index (χ4n) is 3.42. The number of nitrogens with one attached hydrogen (secondary N) is 1. The number of ether oxygens (including phenoxy) is 2. The Labute approximate surface area is 188 Å². The van der Waals surface area contributed by atoms with Gasteiger partial charge in [0.25, 0.3) is 5.91 Å². The zero-order chi connectivity index (χ0) is 22.4. The van der Waals surface area contributed by atoms with E-state index in [1.165, 1.54) is 22.5 Å². The molecule has 0 aromatic heterocycles. The minimum Gasteiger partial charge on any atom is -0.497 e. The molecule has 2 aromatic carbocycles. The van der Waals surface area contributed by atoms with Crippen LogP contribution in [0.4, 0.5) is 0 Å². The van der Waals surface area contributed by atoms with E-state index in [1.807, 2.05) is 31.2 Å². The highest BCUT2D eigenvalue weighted by Gasteiger charge is 2.26. The van der Waals surface area contributed by atoms with Crippen molar-refractivity contribution in [2.24, 2.45) is 0 Å². The molecule has 0 saturated carbocycles. The molecule has 1 amide bonds. The van der Waals surface area contributed by atoms with Crippen molar-refractivity contribution in [3.8, 4) is 11.5 Å². The molecule has 1 unspecified atom stereocenters. The zero-order valence-electron chi connectivity index (χ0n) is 17.6. The average Bonchev–Trinajstić information content (AvgIpc) is 2.78. The number of nitrogens with zero attached hydrogens (tertiary/aromatic N) is 1. The maximum atomic E-state index is 12.8. The van der Waals surface area contributed by atoms with Crippen LogP contribution in [-0.2, 0) is 14.8 Å². The summed E-state index contributed by atoms with van der Waals surface area (Å²) in [6, 6.07) is 11.5. The van der Waals surface area contributed by atoms with Crippen molar-refractivity contribution in [3.05, 3.63) is 53.1 Å². The number of hydrogen-bond acceptors (Lipinski definition) is 5. The lowest BCUT2D eigenvalue weighted by atomic mass is 10.1. The van der Waals surface area contributed by atoms with Gasteiger partial charge in [-0.15, -0.1) is 0 Å². The van der Waals surface area contributed by atoms with Crippen LogP contribution in [0, 0.1) is 0 Å². The summed E-state index contributed by atoms with van der Waals surface area (Å²) >= 11 is 6.24. The number of halogens is 1. The van der Waals surface area contributed by atoms with Crippen LogP contribution in [0.3, 0.4) is 0 Å². The van der Waals surface area contributed by atoms with Gasteiger partial charge in [-0.25, -0.2) is 8.42 Å². The number of hydrogen-bond donors (Lipinski definition) is 1. The second-order valence-electron chi connectivity index (χ2n) is 7.41. The number of benzene rings is 2. The number of carbonyl (C=O) groups is 1. The SMILES string of the molecule is COc1ccc(C(C)NC(=O)COc2ccc(S(=O)(=O)N3CCCCC3)cc2Cl)cc1. The van der Waals surface area contributed by atoms with E-state index in [4.69, 9.17) is 21.1 Å². The monoisotopic (exact) mass is 466 g/mol. The summed E-state index contributed by atoms with van der Waals surface area (Å²) in [5.74, 6) is 0.682. The first kappa shape index (κ1) is 23.4. The lowest BCUT2D eigenvalue weighted by Crippen LogP contribution is -2.35. The molecule has 0 bridgehead atoms. The third-order valence-electron chi connectivity index (χ3n) is 5.21. The largest absolute Gasteiger partial charge is 0.497 e. The summed E-state index contributed by atoms with van der Waals surface area (Å²) in [5.41, 5.74) is 0.930. The molecule has 7 nitrogen and oxygen atoms in total. The van der Waals surface area contributed by atoms with E-state index in [0.29, 0.717) is 13.1 Å². The van der Waals surface area contributed by atoms with Crippen LogP contribution in [0.5, 0.6) is 11.5 Å². The van der Waals surface area contributed by atoms with Crippen molar-refractivity contribution >= 4 is 27.5 Å². The van der Waals surface area contributed by atoms with E-state index in [2.05, 4.69) is 5.32 Å². The molecule has 1 heterocycles. The maximum absolute atomic E-state index is 12.8. The van der Waals surface area contributed by atoms with Gasteiger partial charge in [0.2, 0.25) is 10.0 Å². The second kappa shape index (κ2) is 10.3. The van der Waals surface area contributed by atoms with Gasteiger partial charge in [0.15, 0.2) is 6.61 Å².